The van der Waals surface area contributed by atoms with Crippen molar-refractivity contribution in [1.82, 2.24) is 5.32 Å². The summed E-state index contributed by atoms with van der Waals surface area (Å²) >= 11 is 0. The van der Waals surface area contributed by atoms with Gasteiger partial charge in [0, 0.05) is 31.3 Å². The second kappa shape index (κ2) is 7.85. The largest absolute Gasteiger partial charge is 0.384 e. The number of nitro groups is 1. The van der Waals surface area contributed by atoms with E-state index in [-0.39, 0.29) is 23.6 Å². The first-order chi connectivity index (χ1) is 9.93. The molecule has 2 N–H and O–H groups in total. The second-order valence-electron chi connectivity index (χ2n) is 4.98. The van der Waals surface area contributed by atoms with Crippen LogP contribution in [0.25, 0.3) is 0 Å². The van der Waals surface area contributed by atoms with E-state index < -0.39 is 4.92 Å². The van der Waals surface area contributed by atoms with Crippen LogP contribution in [0.1, 0.15) is 25.8 Å². The summed E-state index contributed by atoms with van der Waals surface area (Å²) in [6, 6.07) is 6.04. The number of rotatable bonds is 7. The van der Waals surface area contributed by atoms with Gasteiger partial charge in [-0.3, -0.25) is 14.9 Å². The first kappa shape index (κ1) is 16.4. The molecule has 112 valence electrons. The number of anilines is 1. The van der Waals surface area contributed by atoms with E-state index in [1.807, 2.05) is 13.8 Å². The highest BCUT2D eigenvalue weighted by atomic mass is 16.6. The zero-order chi connectivity index (χ0) is 15.8. The van der Waals surface area contributed by atoms with E-state index in [0.717, 1.165) is 0 Å². The standard InChI is InChI=1S/C14H18N4O3/c1-10(2)9-17-14(19)5-6-16-12-4-3-11(8-15)13(7-12)18(20)21/h3-4,7,10,16H,5-6,9H2,1-2H3,(H,17,19). The fraction of sp³-hybridized carbons (Fsp3) is 0.429. The van der Waals surface area contributed by atoms with Crippen molar-refractivity contribution in [3.8, 4) is 6.07 Å². The Morgan fingerprint density at radius 3 is 2.76 bits per heavy atom. The Morgan fingerprint density at radius 1 is 1.48 bits per heavy atom. The fourth-order valence-corrected chi connectivity index (χ4v) is 1.61. The van der Waals surface area contributed by atoms with Gasteiger partial charge in [-0.15, -0.1) is 0 Å². The van der Waals surface area contributed by atoms with Crippen molar-refractivity contribution in [1.29, 1.82) is 5.26 Å². The van der Waals surface area contributed by atoms with Crippen LogP contribution in [-0.4, -0.2) is 23.9 Å². The smallest absolute Gasteiger partial charge is 0.289 e. The quantitative estimate of drug-likeness (QED) is 0.590. The van der Waals surface area contributed by atoms with E-state index in [2.05, 4.69) is 10.6 Å². The van der Waals surface area contributed by atoms with Gasteiger partial charge < -0.3 is 10.6 Å². The number of hydrogen-bond acceptors (Lipinski definition) is 5. The Bertz CT molecular complexity index is 564. The van der Waals surface area contributed by atoms with E-state index in [9.17, 15) is 14.9 Å². The molecule has 0 fully saturated rings. The van der Waals surface area contributed by atoms with Crippen LogP contribution in [0, 0.1) is 27.4 Å². The van der Waals surface area contributed by atoms with Gasteiger partial charge in [0.1, 0.15) is 11.6 Å². The van der Waals surface area contributed by atoms with E-state index in [0.29, 0.717) is 24.7 Å². The molecule has 0 aromatic heterocycles. The molecular weight excluding hydrogens is 272 g/mol. The number of amides is 1. The Labute approximate surface area is 123 Å². The van der Waals surface area contributed by atoms with Crippen LogP contribution in [0.4, 0.5) is 11.4 Å². The molecule has 1 amide bonds. The van der Waals surface area contributed by atoms with E-state index in [1.54, 1.807) is 12.1 Å². The number of nitriles is 1. The van der Waals surface area contributed by atoms with Gasteiger partial charge in [0.25, 0.3) is 5.69 Å². The molecule has 0 atom stereocenters. The maximum atomic E-state index is 11.5. The topological polar surface area (TPSA) is 108 Å². The fourth-order valence-electron chi connectivity index (χ4n) is 1.61. The highest BCUT2D eigenvalue weighted by molar-refractivity contribution is 5.76. The minimum Gasteiger partial charge on any atom is -0.384 e. The zero-order valence-corrected chi connectivity index (χ0v) is 12.0. The molecular formula is C14H18N4O3. The average Bonchev–Trinajstić information content (AvgIpc) is 2.44. The maximum absolute atomic E-state index is 11.5. The summed E-state index contributed by atoms with van der Waals surface area (Å²) in [4.78, 5) is 21.7. The molecule has 21 heavy (non-hydrogen) atoms. The van der Waals surface area contributed by atoms with Gasteiger partial charge in [0.15, 0.2) is 0 Å². The van der Waals surface area contributed by atoms with Crippen molar-refractivity contribution < 1.29 is 9.72 Å². The van der Waals surface area contributed by atoms with Crippen LogP contribution in [0.15, 0.2) is 18.2 Å². The second-order valence-corrected chi connectivity index (χ2v) is 4.98. The van der Waals surface area contributed by atoms with Crippen molar-refractivity contribution in [2.24, 2.45) is 5.92 Å². The van der Waals surface area contributed by atoms with Gasteiger partial charge in [-0.25, -0.2) is 0 Å². The van der Waals surface area contributed by atoms with Gasteiger partial charge >= 0.3 is 0 Å². The van der Waals surface area contributed by atoms with Crippen LogP contribution in [0.5, 0.6) is 0 Å². The SMILES string of the molecule is CC(C)CNC(=O)CCNc1ccc(C#N)c([N+](=O)[O-])c1. The number of carbonyl (C=O) groups excluding carboxylic acids is 1. The first-order valence-electron chi connectivity index (χ1n) is 6.63. The predicted octanol–water partition coefficient (Wildman–Crippen LogP) is 2.04. The third kappa shape index (κ3) is 5.48. The molecule has 7 nitrogen and oxygen atoms in total. The monoisotopic (exact) mass is 290 g/mol. The molecule has 0 unspecified atom stereocenters. The van der Waals surface area contributed by atoms with E-state index >= 15 is 0 Å². The number of nitrogens with one attached hydrogen (secondary N) is 2. The van der Waals surface area contributed by atoms with Gasteiger partial charge in [-0.1, -0.05) is 13.8 Å². The lowest BCUT2D eigenvalue weighted by Crippen LogP contribution is -2.28. The Kier molecular flexibility index (Phi) is 6.14. The molecule has 0 radical (unpaired) electrons. The molecule has 1 aromatic carbocycles. The zero-order valence-electron chi connectivity index (χ0n) is 12.0. The molecule has 0 heterocycles. The third-order valence-electron chi connectivity index (χ3n) is 2.70. The molecule has 0 aliphatic heterocycles. The van der Waals surface area contributed by atoms with Crippen LogP contribution in [0.3, 0.4) is 0 Å². The van der Waals surface area contributed by atoms with Gasteiger partial charge in [0.2, 0.25) is 5.91 Å². The number of benzene rings is 1. The van der Waals surface area contributed by atoms with Crippen molar-refractivity contribution in [2.75, 3.05) is 18.4 Å². The van der Waals surface area contributed by atoms with Crippen LogP contribution < -0.4 is 10.6 Å². The van der Waals surface area contributed by atoms with Gasteiger partial charge in [-0.05, 0) is 18.1 Å². The summed E-state index contributed by atoms with van der Waals surface area (Å²) in [6.07, 6.45) is 0.278. The Hall–Kier alpha value is -2.62. The lowest BCUT2D eigenvalue weighted by Gasteiger charge is -2.09. The summed E-state index contributed by atoms with van der Waals surface area (Å²) < 4.78 is 0. The molecule has 0 aliphatic rings. The van der Waals surface area contributed by atoms with E-state index in [1.165, 1.54) is 12.1 Å². The first-order valence-corrected chi connectivity index (χ1v) is 6.63. The summed E-state index contributed by atoms with van der Waals surface area (Å²) in [5, 5.41) is 25.3. The summed E-state index contributed by atoms with van der Waals surface area (Å²) in [7, 11) is 0. The summed E-state index contributed by atoms with van der Waals surface area (Å²) in [5.41, 5.74) is 0.282. The lowest BCUT2D eigenvalue weighted by molar-refractivity contribution is -0.385. The number of carbonyl (C=O) groups is 1. The molecule has 7 heteroatoms. The molecule has 1 aromatic rings. The lowest BCUT2D eigenvalue weighted by atomic mass is 10.2. The van der Waals surface area contributed by atoms with Crippen molar-refractivity contribution in [3.63, 3.8) is 0 Å². The predicted molar refractivity (Wildman–Crippen MR) is 78.8 cm³/mol. The van der Waals surface area contributed by atoms with Crippen molar-refractivity contribution >= 4 is 17.3 Å². The molecule has 0 spiro atoms. The Balaban J connectivity index is 2.53. The van der Waals surface area contributed by atoms with Crippen LogP contribution in [-0.2, 0) is 4.79 Å². The van der Waals surface area contributed by atoms with E-state index in [4.69, 9.17) is 5.26 Å². The van der Waals surface area contributed by atoms with Crippen molar-refractivity contribution in [2.45, 2.75) is 20.3 Å². The molecule has 0 bridgehead atoms. The van der Waals surface area contributed by atoms with Gasteiger partial charge in [0.05, 0.1) is 4.92 Å². The third-order valence-corrected chi connectivity index (χ3v) is 2.70. The van der Waals surface area contributed by atoms with Crippen molar-refractivity contribution in [3.05, 3.63) is 33.9 Å². The minimum atomic E-state index is -0.598. The molecule has 1 rings (SSSR count). The molecule has 0 saturated carbocycles. The van der Waals surface area contributed by atoms with Gasteiger partial charge in [-0.2, -0.15) is 5.26 Å². The summed E-state index contributed by atoms with van der Waals surface area (Å²) in [6.45, 7) is 5.01. The van der Waals surface area contributed by atoms with Crippen LogP contribution in [0.2, 0.25) is 0 Å². The highest BCUT2D eigenvalue weighted by Gasteiger charge is 2.14. The maximum Gasteiger partial charge on any atom is 0.289 e. The number of hydrogen-bond donors (Lipinski definition) is 2. The normalized spacial score (nSPS) is 10.0. The summed E-state index contributed by atoms with van der Waals surface area (Å²) in [5.74, 6) is 0.322. The highest BCUT2D eigenvalue weighted by Crippen LogP contribution is 2.22. The Morgan fingerprint density at radius 2 is 2.19 bits per heavy atom. The number of nitro benzene ring substituents is 1. The average molecular weight is 290 g/mol. The van der Waals surface area contributed by atoms with Crippen LogP contribution >= 0.6 is 0 Å². The number of nitrogens with zero attached hydrogens (tertiary/aromatic N) is 2. The molecule has 0 saturated heterocycles. The molecule has 0 aliphatic carbocycles. The minimum absolute atomic E-state index is 0.0141.